The molecular weight excluding hydrogens is 507 g/mol. The van der Waals surface area contributed by atoms with Gasteiger partial charge in [-0.3, -0.25) is 4.79 Å². The van der Waals surface area contributed by atoms with Crippen LogP contribution in [0.5, 0.6) is 5.75 Å². The summed E-state index contributed by atoms with van der Waals surface area (Å²) in [4.78, 5) is 16.9. The number of imidazole rings is 1. The van der Waals surface area contributed by atoms with Crippen LogP contribution in [0.15, 0.2) is 66.7 Å². The van der Waals surface area contributed by atoms with Crippen LogP contribution in [0.3, 0.4) is 0 Å². The molecule has 202 valence electrons. The highest BCUT2D eigenvalue weighted by Crippen LogP contribution is 2.45. The number of rotatable bonds is 7. The first kappa shape index (κ1) is 25.3. The lowest BCUT2D eigenvalue weighted by Gasteiger charge is -2.37. The lowest BCUT2D eigenvalue weighted by molar-refractivity contribution is -0.274. The van der Waals surface area contributed by atoms with Gasteiger partial charge < -0.3 is 19.7 Å². The molecule has 0 unspecified atom stereocenters. The summed E-state index contributed by atoms with van der Waals surface area (Å²) in [7, 11) is 0. The zero-order valence-electron chi connectivity index (χ0n) is 21.2. The predicted octanol–water partition coefficient (Wildman–Crippen LogP) is 7.40. The highest BCUT2D eigenvalue weighted by atomic mass is 19.4. The van der Waals surface area contributed by atoms with Crippen molar-refractivity contribution >= 4 is 28.6 Å². The van der Waals surface area contributed by atoms with Crippen LogP contribution in [0.2, 0.25) is 0 Å². The van der Waals surface area contributed by atoms with Crippen LogP contribution in [0.4, 0.5) is 24.8 Å². The van der Waals surface area contributed by atoms with E-state index in [0.717, 1.165) is 42.3 Å². The van der Waals surface area contributed by atoms with Crippen LogP contribution in [0.25, 0.3) is 11.0 Å². The Morgan fingerprint density at radius 2 is 1.85 bits per heavy atom. The Kier molecular flexibility index (Phi) is 6.24. The monoisotopic (exact) mass is 535 g/mol. The Hall–Kier alpha value is -4.01. The van der Waals surface area contributed by atoms with Gasteiger partial charge in [-0.05, 0) is 91.6 Å². The molecule has 6 rings (SSSR count). The molecule has 1 saturated carbocycles. The first-order valence-electron chi connectivity index (χ1n) is 13.2. The van der Waals surface area contributed by atoms with Crippen molar-refractivity contribution in [3.8, 4) is 5.75 Å². The lowest BCUT2D eigenvalue weighted by atomic mass is 9.65. The van der Waals surface area contributed by atoms with Gasteiger partial charge in [-0.1, -0.05) is 36.8 Å². The van der Waals surface area contributed by atoms with Gasteiger partial charge in [0.05, 0.1) is 22.5 Å². The summed E-state index contributed by atoms with van der Waals surface area (Å²) in [5, 5.41) is 13.1. The Morgan fingerprint density at radius 3 is 2.54 bits per heavy atom. The third kappa shape index (κ3) is 4.93. The second-order valence-corrected chi connectivity index (χ2v) is 10.5. The normalized spacial score (nSPS) is 18.3. The summed E-state index contributed by atoms with van der Waals surface area (Å²) in [6.07, 6.45) is 0.912. The Balaban J connectivity index is 1.39. The molecule has 0 amide bonds. The van der Waals surface area contributed by atoms with E-state index in [4.69, 9.17) is 4.98 Å². The minimum atomic E-state index is -4.76. The number of benzene rings is 3. The number of carboxylic acid groups (broad SMARTS) is 1. The number of aliphatic carboxylic acids is 1. The zero-order chi connectivity index (χ0) is 27.2. The molecule has 39 heavy (non-hydrogen) atoms. The van der Waals surface area contributed by atoms with Crippen molar-refractivity contribution in [2.24, 2.45) is 5.41 Å². The van der Waals surface area contributed by atoms with Crippen LogP contribution >= 0.6 is 0 Å². The minimum absolute atomic E-state index is 0.0260. The Labute approximate surface area is 223 Å². The molecule has 0 spiro atoms. The summed E-state index contributed by atoms with van der Waals surface area (Å²) >= 11 is 0. The number of hydrogen-bond acceptors (Lipinski definition) is 4. The summed E-state index contributed by atoms with van der Waals surface area (Å²) in [6, 6.07) is 19.9. The summed E-state index contributed by atoms with van der Waals surface area (Å²) in [6.45, 7) is 0. The van der Waals surface area contributed by atoms with E-state index in [9.17, 15) is 23.1 Å². The summed E-state index contributed by atoms with van der Waals surface area (Å²) in [5.74, 6) is -0.473. The van der Waals surface area contributed by atoms with Crippen molar-refractivity contribution in [2.45, 2.75) is 57.3 Å². The number of aromatic nitrogens is 2. The maximum Gasteiger partial charge on any atom is 0.573 e. The van der Waals surface area contributed by atoms with Gasteiger partial charge in [-0.25, -0.2) is 4.98 Å². The molecule has 1 aromatic heterocycles. The number of halogens is 3. The average molecular weight is 536 g/mol. The first-order valence-corrected chi connectivity index (χ1v) is 13.2. The number of nitrogens with zero attached hydrogens (tertiary/aromatic N) is 2. The van der Waals surface area contributed by atoms with E-state index in [1.165, 1.54) is 35.4 Å². The van der Waals surface area contributed by atoms with Crippen LogP contribution < -0.4 is 10.1 Å². The van der Waals surface area contributed by atoms with E-state index in [1.54, 1.807) is 0 Å². The van der Waals surface area contributed by atoms with Gasteiger partial charge in [0.25, 0.3) is 0 Å². The van der Waals surface area contributed by atoms with Crippen molar-refractivity contribution in [1.29, 1.82) is 0 Å². The van der Waals surface area contributed by atoms with Crippen LogP contribution in [0, 0.1) is 5.41 Å². The third-order valence-corrected chi connectivity index (χ3v) is 8.05. The van der Waals surface area contributed by atoms with Gasteiger partial charge in [0.15, 0.2) is 0 Å². The minimum Gasteiger partial charge on any atom is -0.481 e. The van der Waals surface area contributed by atoms with Crippen molar-refractivity contribution < 1.29 is 27.8 Å². The fourth-order valence-electron chi connectivity index (χ4n) is 5.98. The second kappa shape index (κ2) is 9.63. The molecule has 2 aliphatic carbocycles. The van der Waals surface area contributed by atoms with Crippen LogP contribution in [-0.2, 0) is 17.6 Å². The second-order valence-electron chi connectivity index (χ2n) is 10.5. The van der Waals surface area contributed by atoms with E-state index in [2.05, 4.69) is 26.8 Å². The number of ether oxygens (including phenoxy) is 1. The van der Waals surface area contributed by atoms with Gasteiger partial charge in [0.2, 0.25) is 5.95 Å². The summed E-state index contributed by atoms with van der Waals surface area (Å²) < 4.78 is 44.0. The number of hydrogen-bond donors (Lipinski definition) is 2. The summed E-state index contributed by atoms with van der Waals surface area (Å²) in [5.41, 5.74) is 4.97. The lowest BCUT2D eigenvalue weighted by Crippen LogP contribution is -2.39. The third-order valence-electron chi connectivity index (χ3n) is 8.05. The van der Waals surface area contributed by atoms with Crippen molar-refractivity contribution in [3.63, 3.8) is 0 Å². The molecule has 2 N–H and O–H groups in total. The number of alkyl halides is 3. The fourth-order valence-corrected chi connectivity index (χ4v) is 5.98. The number of carboxylic acids is 1. The van der Waals surface area contributed by atoms with Crippen molar-refractivity contribution in [2.75, 3.05) is 5.32 Å². The van der Waals surface area contributed by atoms with Crippen molar-refractivity contribution in [1.82, 2.24) is 9.55 Å². The highest BCUT2D eigenvalue weighted by Gasteiger charge is 2.44. The molecular formula is C30H28F3N3O3. The van der Waals surface area contributed by atoms with E-state index in [1.807, 2.05) is 30.3 Å². The number of nitrogens with one attached hydrogen (secondary N) is 1. The number of anilines is 2. The smallest absolute Gasteiger partial charge is 0.481 e. The molecule has 9 heteroatoms. The van der Waals surface area contributed by atoms with Gasteiger partial charge in [-0.2, -0.15) is 0 Å². The number of fused-ring (bicyclic) bond motifs is 2. The van der Waals surface area contributed by atoms with E-state index >= 15 is 0 Å². The Bertz CT molecular complexity index is 1520. The molecule has 0 saturated heterocycles. The number of carbonyl (C=O) groups is 1. The van der Waals surface area contributed by atoms with E-state index < -0.39 is 17.7 Å². The molecule has 6 nitrogen and oxygen atoms in total. The molecule has 4 aromatic rings. The predicted molar refractivity (Wildman–Crippen MR) is 141 cm³/mol. The highest BCUT2D eigenvalue weighted by molar-refractivity contribution is 5.82. The molecule has 3 aromatic carbocycles. The largest absolute Gasteiger partial charge is 0.573 e. The maximum absolute atomic E-state index is 12.6. The fraction of sp³-hybridized carbons (Fsp3) is 0.333. The molecule has 0 aliphatic heterocycles. The molecule has 2 aliphatic rings. The van der Waals surface area contributed by atoms with Gasteiger partial charge >= 0.3 is 12.3 Å². The van der Waals surface area contributed by atoms with Crippen LogP contribution in [0.1, 0.15) is 54.8 Å². The average Bonchev–Trinajstić information content (AvgIpc) is 3.22. The topological polar surface area (TPSA) is 76.4 Å². The molecule has 1 atom stereocenters. The molecule has 0 bridgehead atoms. The SMILES string of the molecule is O=C(O)C1(Cc2ccc3c(c2)nc(Nc2ccc(OC(F)(F)F)cc2)n3[C@H]2CCCc3ccccc32)CCC1. The van der Waals surface area contributed by atoms with E-state index in [-0.39, 0.29) is 11.8 Å². The van der Waals surface area contributed by atoms with Crippen LogP contribution in [-0.4, -0.2) is 27.0 Å². The van der Waals surface area contributed by atoms with Crippen molar-refractivity contribution in [3.05, 3.63) is 83.4 Å². The molecule has 1 fully saturated rings. The standard InChI is InChI=1S/C30H28F3N3O3/c31-30(32,33)39-22-12-10-21(11-13-22)34-28-35-24-17-19(18-29(27(37)38)15-4-16-29)9-14-26(24)36(28)25-8-3-6-20-5-1-2-7-23(20)25/h1-2,5,7,9-14,17,25H,3-4,6,8,15-16,18H2,(H,34,35)(H,37,38)/t25-/m0/s1. The van der Waals surface area contributed by atoms with Gasteiger partial charge in [-0.15, -0.1) is 13.2 Å². The maximum atomic E-state index is 12.6. The first-order chi connectivity index (χ1) is 18.7. The van der Waals surface area contributed by atoms with Gasteiger partial charge in [0, 0.05) is 5.69 Å². The zero-order valence-corrected chi connectivity index (χ0v) is 21.2. The molecule has 0 radical (unpaired) electrons. The molecule has 1 heterocycles. The quantitative estimate of drug-likeness (QED) is 0.258. The van der Waals surface area contributed by atoms with Gasteiger partial charge in [0.1, 0.15) is 5.75 Å². The number of aryl methyl sites for hydroxylation is 1. The Morgan fingerprint density at radius 1 is 1.08 bits per heavy atom. The van der Waals surface area contributed by atoms with E-state index in [0.29, 0.717) is 30.9 Å².